The lowest BCUT2D eigenvalue weighted by atomic mass is 9.83. The predicted octanol–water partition coefficient (Wildman–Crippen LogP) is 5.29. The van der Waals surface area contributed by atoms with Crippen LogP contribution in [0.1, 0.15) is 41.2 Å². The van der Waals surface area contributed by atoms with Gasteiger partial charge in [-0.15, -0.1) is 0 Å². The topological polar surface area (TPSA) is 83.5 Å². The van der Waals surface area contributed by atoms with Crippen LogP contribution >= 0.6 is 11.6 Å². The highest BCUT2D eigenvalue weighted by atomic mass is 35.5. The van der Waals surface area contributed by atoms with Gasteiger partial charge in [0.25, 0.3) is 0 Å². The molecule has 3 aromatic rings. The van der Waals surface area contributed by atoms with Gasteiger partial charge in [-0.25, -0.2) is 12.8 Å². The Morgan fingerprint density at radius 1 is 1.15 bits per heavy atom. The van der Waals surface area contributed by atoms with E-state index in [2.05, 4.69) is 5.32 Å². The molecule has 178 valence electrons. The van der Waals surface area contributed by atoms with Crippen LogP contribution in [0.5, 0.6) is 0 Å². The van der Waals surface area contributed by atoms with Gasteiger partial charge in [0.2, 0.25) is 5.91 Å². The van der Waals surface area contributed by atoms with E-state index in [4.69, 9.17) is 11.6 Å². The summed E-state index contributed by atoms with van der Waals surface area (Å²) in [6, 6.07) is 17.1. The highest BCUT2D eigenvalue weighted by Crippen LogP contribution is 2.42. The molecule has 3 aromatic carbocycles. The molecule has 5 nitrogen and oxygen atoms in total. The van der Waals surface area contributed by atoms with Crippen LogP contribution < -0.4 is 5.32 Å². The molecule has 1 amide bonds. The van der Waals surface area contributed by atoms with Crippen molar-refractivity contribution in [2.45, 2.75) is 35.8 Å². The fraction of sp³-hybridized carbons (Fsp3) is 0.269. The van der Waals surface area contributed by atoms with Gasteiger partial charge >= 0.3 is 0 Å². The molecule has 1 unspecified atom stereocenters. The fourth-order valence-electron chi connectivity index (χ4n) is 4.38. The number of sulfone groups is 1. The normalized spacial score (nSPS) is 18.7. The maximum Gasteiger partial charge on any atom is 0.231 e. The Kier molecular flexibility index (Phi) is 7.07. The number of amides is 1. The molecule has 8 heteroatoms. The van der Waals surface area contributed by atoms with E-state index in [0.717, 1.165) is 5.56 Å². The second kappa shape index (κ2) is 9.86. The van der Waals surface area contributed by atoms with E-state index in [1.165, 1.54) is 24.3 Å². The second-order valence-electron chi connectivity index (χ2n) is 8.66. The summed E-state index contributed by atoms with van der Waals surface area (Å²) in [6.45, 7) is 1.61. The monoisotopic (exact) mass is 501 g/mol. The molecule has 2 N–H and O–H groups in total. The van der Waals surface area contributed by atoms with E-state index < -0.39 is 21.0 Å². The van der Waals surface area contributed by atoms with Crippen LogP contribution in [-0.2, 0) is 21.1 Å². The number of rotatable bonds is 6. The van der Waals surface area contributed by atoms with Gasteiger partial charge in [-0.2, -0.15) is 0 Å². The zero-order valence-electron chi connectivity index (χ0n) is 18.5. The average molecular weight is 502 g/mol. The van der Waals surface area contributed by atoms with Crippen molar-refractivity contribution in [1.82, 2.24) is 0 Å². The summed E-state index contributed by atoms with van der Waals surface area (Å²) in [7, 11) is -3.79. The lowest BCUT2D eigenvalue weighted by molar-refractivity contribution is -0.117. The van der Waals surface area contributed by atoms with Crippen LogP contribution in [0, 0.1) is 11.7 Å². The SMILES string of the molecule is C[C@H](C(=O)Nc1ccc2c(c1)C(S(=O)(=O)c1cccc(Cl)c1)C[C@H](CO)C2)c1ccc(F)cc1. The second-order valence-corrected chi connectivity index (χ2v) is 11.2. The lowest BCUT2D eigenvalue weighted by Crippen LogP contribution is -2.27. The van der Waals surface area contributed by atoms with Crippen molar-refractivity contribution >= 4 is 33.0 Å². The molecule has 0 saturated heterocycles. The van der Waals surface area contributed by atoms with Crippen molar-refractivity contribution in [3.8, 4) is 0 Å². The molecular formula is C26H25ClFNO4S. The largest absolute Gasteiger partial charge is 0.396 e. The third kappa shape index (κ3) is 5.02. The molecule has 0 spiro atoms. The molecule has 4 rings (SSSR count). The first-order chi connectivity index (χ1) is 16.2. The smallest absolute Gasteiger partial charge is 0.231 e. The molecule has 0 fully saturated rings. The molecule has 0 aliphatic heterocycles. The van der Waals surface area contributed by atoms with Crippen LogP contribution in [0.25, 0.3) is 0 Å². The number of aliphatic hydroxyl groups excluding tert-OH is 1. The quantitative estimate of drug-likeness (QED) is 0.480. The Morgan fingerprint density at radius 2 is 1.88 bits per heavy atom. The zero-order valence-corrected chi connectivity index (χ0v) is 20.1. The van der Waals surface area contributed by atoms with Crippen molar-refractivity contribution in [1.29, 1.82) is 0 Å². The number of hydrogen-bond acceptors (Lipinski definition) is 4. The molecule has 0 saturated carbocycles. The van der Waals surface area contributed by atoms with E-state index >= 15 is 0 Å². The van der Waals surface area contributed by atoms with Crippen molar-refractivity contribution in [3.05, 3.63) is 94.3 Å². The summed E-state index contributed by atoms with van der Waals surface area (Å²) in [5.74, 6) is -1.38. The first kappa shape index (κ1) is 24.4. The number of benzene rings is 3. The Balaban J connectivity index is 1.66. The van der Waals surface area contributed by atoms with Gasteiger partial charge < -0.3 is 10.4 Å². The maximum absolute atomic E-state index is 13.6. The number of anilines is 1. The Labute approximate surface area is 203 Å². The van der Waals surface area contributed by atoms with Gasteiger partial charge in [-0.3, -0.25) is 4.79 Å². The lowest BCUT2D eigenvalue weighted by Gasteiger charge is -2.31. The van der Waals surface area contributed by atoms with Crippen LogP contribution in [0.15, 0.2) is 71.6 Å². The highest BCUT2D eigenvalue weighted by Gasteiger charge is 2.37. The Morgan fingerprint density at radius 3 is 2.56 bits per heavy atom. The van der Waals surface area contributed by atoms with Crippen LogP contribution in [0.2, 0.25) is 5.02 Å². The number of carbonyl (C=O) groups is 1. The van der Waals surface area contributed by atoms with E-state index in [-0.39, 0.29) is 35.6 Å². The first-order valence-corrected chi connectivity index (χ1v) is 12.9. The number of carbonyl (C=O) groups excluding carboxylic acids is 1. The van der Waals surface area contributed by atoms with E-state index in [1.54, 1.807) is 49.4 Å². The fourth-order valence-corrected chi connectivity index (χ4v) is 6.60. The van der Waals surface area contributed by atoms with Crippen molar-refractivity contribution in [2.24, 2.45) is 5.92 Å². The van der Waals surface area contributed by atoms with Gasteiger partial charge in [-0.1, -0.05) is 35.9 Å². The minimum Gasteiger partial charge on any atom is -0.396 e. The molecule has 3 atom stereocenters. The third-order valence-corrected chi connectivity index (χ3v) is 8.68. The molecule has 1 aliphatic rings. The van der Waals surface area contributed by atoms with Gasteiger partial charge in [0.05, 0.1) is 16.1 Å². The van der Waals surface area contributed by atoms with Crippen LogP contribution in [0.3, 0.4) is 0 Å². The van der Waals surface area contributed by atoms with Gasteiger partial charge in [-0.05, 0) is 84.8 Å². The van der Waals surface area contributed by atoms with Crippen LogP contribution in [0.4, 0.5) is 10.1 Å². The molecule has 0 heterocycles. The number of halogens is 2. The molecule has 1 aliphatic carbocycles. The predicted molar refractivity (Wildman–Crippen MR) is 130 cm³/mol. The average Bonchev–Trinajstić information content (AvgIpc) is 2.83. The molecule has 0 radical (unpaired) electrons. The number of aliphatic hydroxyl groups is 1. The summed E-state index contributed by atoms with van der Waals surface area (Å²) in [6.07, 6.45) is 0.815. The van der Waals surface area contributed by atoms with Crippen molar-refractivity contribution in [2.75, 3.05) is 11.9 Å². The number of fused-ring (bicyclic) bond motifs is 1. The third-order valence-electron chi connectivity index (χ3n) is 6.34. The number of hydrogen-bond donors (Lipinski definition) is 2. The minimum atomic E-state index is -3.79. The Bertz CT molecular complexity index is 1310. The summed E-state index contributed by atoms with van der Waals surface area (Å²) in [5.41, 5.74) is 2.58. The zero-order chi connectivity index (χ0) is 24.5. The van der Waals surface area contributed by atoms with E-state index in [9.17, 15) is 22.7 Å². The van der Waals surface area contributed by atoms with Crippen LogP contribution in [-0.4, -0.2) is 26.0 Å². The van der Waals surface area contributed by atoms with E-state index in [1.807, 2.05) is 0 Å². The maximum atomic E-state index is 13.6. The van der Waals surface area contributed by atoms with E-state index in [0.29, 0.717) is 28.3 Å². The Hall–Kier alpha value is -2.74. The number of nitrogens with one attached hydrogen (secondary N) is 1. The standard InChI is InChI=1S/C26H25ClFNO4S/c1-16(18-5-8-21(28)9-6-18)26(31)29-22-10-7-19-11-17(15-30)12-25(24(19)14-22)34(32,33)23-4-2-3-20(27)13-23/h2-10,13-14,16-17,25,30H,11-12,15H2,1H3,(H,29,31)/t16-,17+,25?/m0/s1. The molecule has 0 aromatic heterocycles. The van der Waals surface area contributed by atoms with Gasteiger partial charge in [0.1, 0.15) is 5.82 Å². The van der Waals surface area contributed by atoms with Gasteiger partial charge in [0, 0.05) is 17.3 Å². The summed E-state index contributed by atoms with van der Waals surface area (Å²) < 4.78 is 40.3. The first-order valence-electron chi connectivity index (χ1n) is 11.0. The highest BCUT2D eigenvalue weighted by molar-refractivity contribution is 7.91. The summed E-state index contributed by atoms with van der Waals surface area (Å²) >= 11 is 6.04. The molecule has 0 bridgehead atoms. The van der Waals surface area contributed by atoms with Crippen molar-refractivity contribution < 1.29 is 22.7 Å². The minimum absolute atomic E-state index is 0.116. The summed E-state index contributed by atoms with van der Waals surface area (Å²) in [5, 5.41) is 12.1. The van der Waals surface area contributed by atoms with Crippen molar-refractivity contribution in [3.63, 3.8) is 0 Å². The molecular weight excluding hydrogens is 477 g/mol. The summed E-state index contributed by atoms with van der Waals surface area (Å²) in [4.78, 5) is 13.0. The molecule has 34 heavy (non-hydrogen) atoms. The van der Waals surface area contributed by atoms with Gasteiger partial charge in [0.15, 0.2) is 9.84 Å².